The average molecular weight is 280 g/mol. The van der Waals surface area contributed by atoms with Crippen LogP contribution in [-0.2, 0) is 14.4 Å². The molecule has 2 bridgehead atoms. The Hall–Kier alpha value is -1.39. The Morgan fingerprint density at radius 1 is 0.900 bits per heavy atom. The lowest BCUT2D eigenvalue weighted by atomic mass is 9.60. The number of nitrogens with zero attached hydrogens (tertiary/aromatic N) is 2. The van der Waals surface area contributed by atoms with E-state index in [1.807, 2.05) is 13.8 Å². The lowest BCUT2D eigenvalue weighted by Gasteiger charge is -2.57. The highest BCUT2D eigenvalue weighted by molar-refractivity contribution is 5.95. The zero-order chi connectivity index (χ0) is 15.1. The minimum Gasteiger partial charge on any atom is -0.341 e. The molecule has 0 unspecified atom stereocenters. The predicted molar refractivity (Wildman–Crippen MR) is 75.0 cm³/mol. The topological polar surface area (TPSA) is 57.7 Å². The van der Waals surface area contributed by atoms with Crippen LogP contribution in [0.5, 0.6) is 0 Å². The van der Waals surface area contributed by atoms with Crippen LogP contribution in [0.3, 0.4) is 0 Å². The number of fused-ring (bicyclic) bond motifs is 2. The molecule has 0 aromatic rings. The number of rotatable bonds is 2. The third-order valence-electron chi connectivity index (χ3n) is 5.18. The van der Waals surface area contributed by atoms with E-state index >= 15 is 0 Å². The van der Waals surface area contributed by atoms with Crippen LogP contribution in [0, 0.1) is 10.8 Å². The summed E-state index contributed by atoms with van der Waals surface area (Å²) in [5.41, 5.74) is -1.16. The molecule has 2 fully saturated rings. The Labute approximate surface area is 120 Å². The lowest BCUT2D eigenvalue weighted by Crippen LogP contribution is -2.70. The van der Waals surface area contributed by atoms with Crippen molar-refractivity contribution in [2.24, 2.45) is 10.8 Å². The number of ketones is 1. The Morgan fingerprint density at radius 2 is 1.20 bits per heavy atom. The molecule has 0 spiro atoms. The number of likely N-dealkylation sites (tertiary alicyclic amines) is 2. The molecule has 0 aliphatic carbocycles. The van der Waals surface area contributed by atoms with E-state index in [2.05, 4.69) is 0 Å². The van der Waals surface area contributed by atoms with E-state index in [4.69, 9.17) is 0 Å². The van der Waals surface area contributed by atoms with Crippen molar-refractivity contribution in [2.45, 2.75) is 40.5 Å². The molecule has 0 aromatic heterocycles. The standard InChI is InChI=1S/C15H24N2O3/c1-5-14-7-16(11(3)18)9-15(6-2,13(14)20)10-17(8-14)12(4)19/h5-10H2,1-4H3. The molecule has 2 rings (SSSR count). The summed E-state index contributed by atoms with van der Waals surface area (Å²) in [6.07, 6.45) is 1.34. The van der Waals surface area contributed by atoms with E-state index in [0.29, 0.717) is 39.0 Å². The monoisotopic (exact) mass is 280 g/mol. The van der Waals surface area contributed by atoms with E-state index in [0.717, 1.165) is 0 Å². The minimum atomic E-state index is -0.580. The van der Waals surface area contributed by atoms with Gasteiger partial charge in [0.25, 0.3) is 0 Å². The molecule has 0 aromatic carbocycles. The van der Waals surface area contributed by atoms with Crippen LogP contribution >= 0.6 is 0 Å². The number of piperidine rings is 2. The summed E-state index contributed by atoms with van der Waals surface area (Å²) in [5, 5.41) is 0. The molecule has 2 saturated heterocycles. The first kappa shape index (κ1) is 15.0. The van der Waals surface area contributed by atoms with Gasteiger partial charge < -0.3 is 9.80 Å². The molecule has 2 heterocycles. The first-order valence-corrected chi connectivity index (χ1v) is 7.36. The van der Waals surface area contributed by atoms with Gasteiger partial charge >= 0.3 is 0 Å². The van der Waals surface area contributed by atoms with Crippen molar-refractivity contribution < 1.29 is 14.4 Å². The van der Waals surface area contributed by atoms with Crippen LogP contribution in [-0.4, -0.2) is 53.6 Å². The summed E-state index contributed by atoms with van der Waals surface area (Å²) >= 11 is 0. The van der Waals surface area contributed by atoms with Crippen molar-refractivity contribution in [1.29, 1.82) is 0 Å². The zero-order valence-electron chi connectivity index (χ0n) is 12.9. The molecule has 112 valence electrons. The van der Waals surface area contributed by atoms with Gasteiger partial charge in [-0.05, 0) is 12.8 Å². The molecule has 5 nitrogen and oxygen atoms in total. The highest BCUT2D eigenvalue weighted by atomic mass is 16.2. The highest BCUT2D eigenvalue weighted by Crippen LogP contribution is 2.46. The van der Waals surface area contributed by atoms with Gasteiger partial charge in [-0.1, -0.05) is 13.8 Å². The van der Waals surface area contributed by atoms with Gasteiger partial charge in [0.15, 0.2) is 5.78 Å². The summed E-state index contributed by atoms with van der Waals surface area (Å²) in [6, 6.07) is 0. The molecular weight excluding hydrogens is 256 g/mol. The van der Waals surface area contributed by atoms with Gasteiger partial charge in [-0.25, -0.2) is 0 Å². The summed E-state index contributed by atoms with van der Waals surface area (Å²) < 4.78 is 0. The normalized spacial score (nSPS) is 33.3. The van der Waals surface area contributed by atoms with E-state index in [1.165, 1.54) is 0 Å². The van der Waals surface area contributed by atoms with E-state index in [-0.39, 0.29) is 17.6 Å². The van der Waals surface area contributed by atoms with Crippen molar-refractivity contribution in [1.82, 2.24) is 9.80 Å². The van der Waals surface area contributed by atoms with Gasteiger partial charge in [0.05, 0.1) is 10.8 Å². The molecule has 0 radical (unpaired) electrons. The Bertz CT molecular complexity index is 406. The zero-order valence-corrected chi connectivity index (χ0v) is 12.9. The highest BCUT2D eigenvalue weighted by Gasteiger charge is 2.59. The van der Waals surface area contributed by atoms with E-state index in [9.17, 15) is 14.4 Å². The summed E-state index contributed by atoms with van der Waals surface area (Å²) in [5.74, 6) is 0.291. The Kier molecular flexibility index (Phi) is 3.65. The molecule has 0 saturated carbocycles. The number of amides is 2. The van der Waals surface area contributed by atoms with Crippen LogP contribution in [0.2, 0.25) is 0 Å². The second-order valence-electron chi connectivity index (χ2n) is 6.35. The summed E-state index contributed by atoms with van der Waals surface area (Å²) in [6.45, 7) is 8.86. The number of carbonyl (C=O) groups excluding carboxylic acids is 3. The second-order valence-corrected chi connectivity index (χ2v) is 6.35. The van der Waals surface area contributed by atoms with Gasteiger partial charge in [-0.2, -0.15) is 0 Å². The predicted octanol–water partition coefficient (Wildman–Crippen LogP) is 1.07. The molecule has 0 N–H and O–H groups in total. The summed E-state index contributed by atoms with van der Waals surface area (Å²) in [4.78, 5) is 40.2. The van der Waals surface area contributed by atoms with Gasteiger partial charge in [0, 0.05) is 40.0 Å². The van der Waals surface area contributed by atoms with Crippen LogP contribution < -0.4 is 0 Å². The van der Waals surface area contributed by atoms with Crippen LogP contribution in [0.25, 0.3) is 0 Å². The molecule has 2 aliphatic heterocycles. The van der Waals surface area contributed by atoms with Crippen LogP contribution in [0.15, 0.2) is 0 Å². The maximum Gasteiger partial charge on any atom is 0.219 e. The van der Waals surface area contributed by atoms with Crippen molar-refractivity contribution in [3.63, 3.8) is 0 Å². The molecule has 20 heavy (non-hydrogen) atoms. The van der Waals surface area contributed by atoms with Gasteiger partial charge in [0.1, 0.15) is 0 Å². The smallest absolute Gasteiger partial charge is 0.219 e. The average Bonchev–Trinajstić information content (AvgIpc) is 2.38. The molecule has 5 heteroatoms. The lowest BCUT2D eigenvalue weighted by molar-refractivity contribution is -0.169. The molecule has 0 atom stereocenters. The first-order chi connectivity index (χ1) is 9.30. The fourth-order valence-electron chi connectivity index (χ4n) is 3.74. The van der Waals surface area contributed by atoms with Crippen molar-refractivity contribution in [3.8, 4) is 0 Å². The quantitative estimate of drug-likeness (QED) is 0.760. The fourth-order valence-corrected chi connectivity index (χ4v) is 3.74. The van der Waals surface area contributed by atoms with Gasteiger partial charge in [-0.15, -0.1) is 0 Å². The summed E-state index contributed by atoms with van der Waals surface area (Å²) in [7, 11) is 0. The Balaban J connectivity index is 2.47. The maximum absolute atomic E-state index is 13.0. The molecule has 2 aliphatic rings. The van der Waals surface area contributed by atoms with Crippen molar-refractivity contribution in [3.05, 3.63) is 0 Å². The number of hydrogen-bond donors (Lipinski definition) is 0. The fraction of sp³-hybridized carbons (Fsp3) is 0.800. The molecule has 2 amide bonds. The minimum absolute atomic E-state index is 0.0180. The van der Waals surface area contributed by atoms with Gasteiger partial charge in [-0.3, -0.25) is 14.4 Å². The van der Waals surface area contributed by atoms with Crippen molar-refractivity contribution >= 4 is 17.6 Å². The van der Waals surface area contributed by atoms with E-state index in [1.54, 1.807) is 23.6 Å². The van der Waals surface area contributed by atoms with Gasteiger partial charge in [0.2, 0.25) is 11.8 Å². The number of hydrogen-bond acceptors (Lipinski definition) is 3. The number of carbonyl (C=O) groups is 3. The SMILES string of the molecule is CCC12CN(C(C)=O)CC(CC)(CN(C(C)=O)C1)C2=O. The maximum atomic E-state index is 13.0. The number of Topliss-reactive ketones (excluding diaryl/α,β-unsaturated/α-hetero) is 1. The third-order valence-corrected chi connectivity index (χ3v) is 5.18. The van der Waals surface area contributed by atoms with Crippen molar-refractivity contribution in [2.75, 3.05) is 26.2 Å². The second kappa shape index (κ2) is 4.86. The van der Waals surface area contributed by atoms with Crippen LogP contribution in [0.1, 0.15) is 40.5 Å². The third kappa shape index (κ3) is 2.03. The molecular formula is C15H24N2O3. The Morgan fingerprint density at radius 3 is 1.40 bits per heavy atom. The van der Waals surface area contributed by atoms with E-state index < -0.39 is 10.8 Å². The van der Waals surface area contributed by atoms with Crippen LogP contribution in [0.4, 0.5) is 0 Å². The largest absolute Gasteiger partial charge is 0.341 e. The first-order valence-electron chi connectivity index (χ1n) is 7.36.